The number of methoxy groups -OCH3 is 2. The fraction of sp³-hybridized carbons (Fsp3) is 0.436. The smallest absolute Gasteiger partial charge is 0.533 e. The number of carboxylic acid groups (broad SMARTS) is 1. The average molecular weight is 844 g/mol. The number of carbonyl (C=O) groups is 4. The molecule has 1 amide bonds. The van der Waals surface area contributed by atoms with Crippen molar-refractivity contribution in [2.24, 2.45) is 0 Å². The SMILES string of the molecule is CCCC(=O)N(OC(=O)OCc1ccc([N+](=O)[O-])cc1)[C@@H](CSCc1c(OC)c(Cc2ccc([N+](=O)[O-])cc2)c(O[Si](C)(C)C(C)(C)C)c(C)c1C(=O)O)C(=O)OC. The van der Waals surface area contributed by atoms with Gasteiger partial charge in [0.25, 0.3) is 25.6 Å². The van der Waals surface area contributed by atoms with Gasteiger partial charge in [0.2, 0.25) is 0 Å². The molecule has 0 fully saturated rings. The van der Waals surface area contributed by atoms with Gasteiger partial charge in [0.05, 0.1) is 29.6 Å². The molecule has 3 aromatic rings. The molecule has 17 nitrogen and oxygen atoms in total. The van der Waals surface area contributed by atoms with Crippen molar-refractivity contribution in [2.45, 2.75) is 90.4 Å². The summed E-state index contributed by atoms with van der Waals surface area (Å²) in [4.78, 5) is 78.9. The van der Waals surface area contributed by atoms with E-state index in [0.717, 1.165) is 18.9 Å². The van der Waals surface area contributed by atoms with Crippen molar-refractivity contribution >= 4 is 55.5 Å². The summed E-state index contributed by atoms with van der Waals surface area (Å²) in [6.07, 6.45) is -0.966. The summed E-state index contributed by atoms with van der Waals surface area (Å²) >= 11 is 1.04. The molecule has 1 N–H and O–H groups in total. The third-order valence-electron chi connectivity index (χ3n) is 9.61. The Bertz CT molecular complexity index is 2000. The van der Waals surface area contributed by atoms with E-state index in [1.54, 1.807) is 26.0 Å². The fourth-order valence-corrected chi connectivity index (χ4v) is 7.69. The van der Waals surface area contributed by atoms with Gasteiger partial charge in [0.1, 0.15) is 18.1 Å². The van der Waals surface area contributed by atoms with Gasteiger partial charge in [0.15, 0.2) is 6.04 Å². The maximum atomic E-state index is 13.3. The van der Waals surface area contributed by atoms with Crippen LogP contribution in [0.3, 0.4) is 0 Å². The zero-order valence-electron chi connectivity index (χ0n) is 33.9. The van der Waals surface area contributed by atoms with Crippen LogP contribution in [0.4, 0.5) is 16.2 Å². The number of nitro groups is 2. The number of hydroxylamine groups is 2. The minimum atomic E-state index is -2.60. The number of ether oxygens (including phenoxy) is 3. The van der Waals surface area contributed by atoms with Crippen LogP contribution in [-0.4, -0.2) is 78.3 Å². The minimum Gasteiger partial charge on any atom is -0.543 e. The van der Waals surface area contributed by atoms with E-state index in [2.05, 4.69) is 0 Å². The Kier molecular flexibility index (Phi) is 16.2. The van der Waals surface area contributed by atoms with Crippen LogP contribution in [0.15, 0.2) is 48.5 Å². The highest BCUT2D eigenvalue weighted by Gasteiger charge is 2.41. The summed E-state index contributed by atoms with van der Waals surface area (Å²) in [6, 6.07) is 9.66. The summed E-state index contributed by atoms with van der Waals surface area (Å²) in [7, 11) is -0.121. The Labute approximate surface area is 341 Å². The van der Waals surface area contributed by atoms with Crippen molar-refractivity contribution in [3.63, 3.8) is 0 Å². The second kappa shape index (κ2) is 20.1. The number of benzene rings is 3. The van der Waals surface area contributed by atoms with E-state index < -0.39 is 48.2 Å². The van der Waals surface area contributed by atoms with Crippen LogP contribution in [0.5, 0.6) is 11.5 Å². The number of esters is 1. The van der Waals surface area contributed by atoms with Gasteiger partial charge in [-0.05, 0) is 54.7 Å². The number of thioether (sulfide) groups is 1. The van der Waals surface area contributed by atoms with Gasteiger partial charge in [0, 0.05) is 65.3 Å². The predicted molar refractivity (Wildman–Crippen MR) is 217 cm³/mol. The first-order valence-corrected chi connectivity index (χ1v) is 22.2. The first kappa shape index (κ1) is 46.7. The molecule has 19 heteroatoms. The van der Waals surface area contributed by atoms with E-state index >= 15 is 0 Å². The number of carboxylic acids is 1. The molecule has 3 rings (SSSR count). The largest absolute Gasteiger partial charge is 0.543 e. The fourth-order valence-electron chi connectivity index (χ4n) is 5.50. The van der Waals surface area contributed by atoms with Crippen molar-refractivity contribution in [1.29, 1.82) is 0 Å². The molecule has 0 aliphatic carbocycles. The molecule has 0 heterocycles. The Morgan fingerprint density at radius 3 is 1.91 bits per heavy atom. The van der Waals surface area contributed by atoms with Crippen molar-refractivity contribution in [2.75, 3.05) is 20.0 Å². The van der Waals surface area contributed by atoms with Crippen molar-refractivity contribution in [3.8, 4) is 11.5 Å². The minimum absolute atomic E-state index is 0.0762. The highest BCUT2D eigenvalue weighted by atomic mass is 32.2. The molecule has 314 valence electrons. The van der Waals surface area contributed by atoms with Gasteiger partial charge >= 0.3 is 18.1 Å². The van der Waals surface area contributed by atoms with E-state index in [9.17, 15) is 44.5 Å². The number of aromatic carboxylic acids is 1. The van der Waals surface area contributed by atoms with E-state index in [1.807, 2.05) is 33.9 Å². The lowest BCUT2D eigenvalue weighted by atomic mass is 9.92. The Hall–Kier alpha value is -5.69. The summed E-state index contributed by atoms with van der Waals surface area (Å²) < 4.78 is 22.9. The summed E-state index contributed by atoms with van der Waals surface area (Å²) in [5.41, 5.74) is 1.79. The van der Waals surface area contributed by atoms with Crippen LogP contribution >= 0.6 is 11.8 Å². The van der Waals surface area contributed by atoms with Gasteiger partial charge < -0.3 is 28.6 Å². The molecule has 0 saturated carbocycles. The molecule has 0 aliphatic heterocycles. The second-order valence-electron chi connectivity index (χ2n) is 14.7. The van der Waals surface area contributed by atoms with Gasteiger partial charge in [-0.25, -0.2) is 14.4 Å². The molecule has 0 radical (unpaired) electrons. The zero-order chi connectivity index (χ0) is 43.5. The van der Waals surface area contributed by atoms with Crippen molar-refractivity contribution in [1.82, 2.24) is 5.06 Å². The number of hydrogen-bond acceptors (Lipinski definition) is 14. The van der Waals surface area contributed by atoms with Crippen molar-refractivity contribution < 1.29 is 57.6 Å². The van der Waals surface area contributed by atoms with E-state index in [0.29, 0.717) is 39.5 Å². The van der Waals surface area contributed by atoms with Crippen LogP contribution in [0.1, 0.15) is 78.7 Å². The highest BCUT2D eigenvalue weighted by molar-refractivity contribution is 7.98. The number of hydrogen-bond donors (Lipinski definition) is 1. The topological polar surface area (TPSA) is 224 Å². The lowest BCUT2D eigenvalue weighted by Crippen LogP contribution is -2.48. The molecule has 0 aliphatic rings. The predicted octanol–water partition coefficient (Wildman–Crippen LogP) is 8.16. The maximum absolute atomic E-state index is 13.3. The van der Waals surface area contributed by atoms with Gasteiger partial charge in [-0.15, -0.1) is 0 Å². The van der Waals surface area contributed by atoms with Gasteiger partial charge in [-0.2, -0.15) is 16.8 Å². The molecule has 1 atom stereocenters. The summed E-state index contributed by atoms with van der Waals surface area (Å²) in [5, 5.41) is 33.3. The van der Waals surface area contributed by atoms with E-state index in [4.69, 9.17) is 23.5 Å². The van der Waals surface area contributed by atoms with E-state index in [-0.39, 0.29) is 64.2 Å². The van der Waals surface area contributed by atoms with E-state index in [1.165, 1.54) is 43.5 Å². The third kappa shape index (κ3) is 11.7. The van der Waals surface area contributed by atoms with Crippen LogP contribution < -0.4 is 9.16 Å². The normalized spacial score (nSPS) is 11.9. The molecule has 0 spiro atoms. The molecule has 0 saturated heterocycles. The molecule has 0 bridgehead atoms. The van der Waals surface area contributed by atoms with Gasteiger partial charge in [-0.3, -0.25) is 25.0 Å². The van der Waals surface area contributed by atoms with Crippen LogP contribution in [-0.2, 0) is 42.7 Å². The zero-order valence-corrected chi connectivity index (χ0v) is 35.8. The van der Waals surface area contributed by atoms with Gasteiger partial charge in [-0.1, -0.05) is 39.8 Å². The first-order valence-electron chi connectivity index (χ1n) is 18.1. The molecule has 0 unspecified atom stereocenters. The third-order valence-corrected chi connectivity index (χ3v) is 15.0. The molecule has 58 heavy (non-hydrogen) atoms. The standard InChI is InChI=1S/C39H49N3O14SSi/c1-10-11-32(43)40(55-38(47)54-21-26-14-18-28(19-15-26)42(50)51)31(37(46)53-7)23-57-22-30-33(36(44)45)24(2)34(56-58(8,9)39(3,4)5)29(35(30)52-6)20-25-12-16-27(17-13-25)41(48)49/h12-19,31H,10-11,20-23H2,1-9H3,(H,44,45)/t31-/m0/s1. The number of nitro benzene ring substituents is 2. The monoisotopic (exact) mass is 843 g/mol. The Morgan fingerprint density at radius 2 is 1.45 bits per heavy atom. The van der Waals surface area contributed by atoms with Crippen LogP contribution in [0.25, 0.3) is 0 Å². The number of rotatable bonds is 18. The quantitative estimate of drug-likeness (QED) is 0.0552. The lowest BCUT2D eigenvalue weighted by molar-refractivity contribution is -0.385. The highest BCUT2D eigenvalue weighted by Crippen LogP contribution is 2.46. The summed E-state index contributed by atoms with van der Waals surface area (Å²) in [5.74, 6) is -2.72. The summed E-state index contributed by atoms with van der Waals surface area (Å²) in [6.45, 7) is 13.1. The van der Waals surface area contributed by atoms with Crippen LogP contribution in [0, 0.1) is 27.2 Å². The second-order valence-corrected chi connectivity index (χ2v) is 20.4. The number of non-ortho nitro benzene ring substituents is 2. The molecular weight excluding hydrogens is 795 g/mol. The molecular formula is C39H49N3O14SSi. The van der Waals surface area contributed by atoms with Crippen molar-refractivity contribution in [3.05, 3.63) is 102 Å². The molecule has 3 aromatic carbocycles. The lowest BCUT2D eigenvalue weighted by Gasteiger charge is -2.38. The number of nitrogens with zero attached hydrogens (tertiary/aromatic N) is 3. The maximum Gasteiger partial charge on any atom is 0.533 e. The molecule has 0 aromatic heterocycles. The number of carbonyl (C=O) groups excluding carboxylic acids is 3. The van der Waals surface area contributed by atoms with Crippen LogP contribution in [0.2, 0.25) is 18.1 Å². The average Bonchev–Trinajstić information content (AvgIpc) is 3.16. The Morgan fingerprint density at radius 1 is 0.897 bits per heavy atom. The Balaban J connectivity index is 2.05. The number of amides is 1. The first-order chi connectivity index (χ1) is 27.2.